The maximum atomic E-state index is 13.5. The molecule has 238 valence electrons. The number of halogens is 3. The molecule has 2 atom stereocenters. The summed E-state index contributed by atoms with van der Waals surface area (Å²) >= 11 is 0. The van der Waals surface area contributed by atoms with Crippen LogP contribution < -0.4 is 16.3 Å². The molecule has 1 fully saturated rings. The summed E-state index contributed by atoms with van der Waals surface area (Å²) in [5, 5.41) is 24.1. The predicted molar refractivity (Wildman–Crippen MR) is 157 cm³/mol. The molecule has 0 aromatic carbocycles. The lowest BCUT2D eigenvalue weighted by Crippen LogP contribution is -2.33. The third-order valence-electron chi connectivity index (χ3n) is 7.53. The third-order valence-corrected chi connectivity index (χ3v) is 7.53. The summed E-state index contributed by atoms with van der Waals surface area (Å²) in [6.07, 6.45) is -0.878. The minimum absolute atomic E-state index is 0.0634. The van der Waals surface area contributed by atoms with Gasteiger partial charge in [0.25, 0.3) is 0 Å². The molecule has 0 unspecified atom stereocenters. The molecule has 1 amide bonds. The number of ether oxygens (including phenoxy) is 1. The Kier molecular flexibility index (Phi) is 6.41. The highest BCUT2D eigenvalue weighted by Gasteiger charge is 2.33. The van der Waals surface area contributed by atoms with Crippen LogP contribution in [0.25, 0.3) is 33.3 Å². The average molecular weight is 632 g/mol. The van der Waals surface area contributed by atoms with Gasteiger partial charge in [0, 0.05) is 41.0 Å². The number of rotatable bonds is 7. The lowest BCUT2D eigenvalue weighted by molar-refractivity contribution is -0.212. The van der Waals surface area contributed by atoms with Crippen molar-refractivity contribution in [1.29, 1.82) is 0 Å². The second-order valence-electron chi connectivity index (χ2n) is 11.5. The van der Waals surface area contributed by atoms with Crippen LogP contribution in [0, 0.1) is 0 Å². The van der Waals surface area contributed by atoms with Crippen molar-refractivity contribution < 1.29 is 31.9 Å². The van der Waals surface area contributed by atoms with Gasteiger partial charge in [-0.05, 0) is 45.2 Å². The van der Waals surface area contributed by atoms with Crippen molar-refractivity contribution in [2.24, 2.45) is 6.98 Å². The number of hydrogen-bond donors (Lipinski definition) is 3. The zero-order valence-electron chi connectivity index (χ0n) is 27.3. The molecular formula is C28H31F3N10O4. The van der Waals surface area contributed by atoms with E-state index >= 15 is 0 Å². The highest BCUT2D eigenvalue weighted by Crippen LogP contribution is 2.34. The quantitative estimate of drug-likeness (QED) is 0.243. The summed E-state index contributed by atoms with van der Waals surface area (Å²) in [5.74, 6) is 0.414. The van der Waals surface area contributed by atoms with Gasteiger partial charge in [-0.2, -0.15) is 14.9 Å². The summed E-state index contributed by atoms with van der Waals surface area (Å²) in [6, 6.07) is 3.95. The molecule has 6 rings (SSSR count). The van der Waals surface area contributed by atoms with Gasteiger partial charge in [0.15, 0.2) is 0 Å². The first kappa shape index (κ1) is 26.5. The highest BCUT2D eigenvalue weighted by molar-refractivity contribution is 5.91. The van der Waals surface area contributed by atoms with E-state index in [0.717, 1.165) is 12.4 Å². The number of amides is 1. The average Bonchev–Trinajstić information content (AvgIpc) is 3.75. The van der Waals surface area contributed by atoms with Crippen LogP contribution in [0.5, 0.6) is 0 Å². The lowest BCUT2D eigenvalue weighted by Gasteiger charge is -2.18. The normalized spacial score (nSPS) is 18.6. The fraction of sp³-hybridized carbons (Fsp3) is 0.429. The van der Waals surface area contributed by atoms with E-state index in [1.807, 2.05) is 0 Å². The first-order chi connectivity index (χ1) is 22.4. The Morgan fingerprint density at radius 2 is 2.00 bits per heavy atom. The number of methoxy groups -OCH3 is 1. The van der Waals surface area contributed by atoms with E-state index in [1.165, 1.54) is 42.5 Å². The van der Waals surface area contributed by atoms with Crippen molar-refractivity contribution >= 4 is 39.8 Å². The van der Waals surface area contributed by atoms with Gasteiger partial charge in [0.05, 0.1) is 48.4 Å². The maximum absolute atomic E-state index is 13.5. The zero-order chi connectivity index (χ0) is 34.8. The number of nitrogens with zero attached hydrogens (tertiary/aromatic N) is 8. The maximum Gasteiger partial charge on any atom is 0.504 e. The largest absolute Gasteiger partial charge is 0.504 e. The monoisotopic (exact) mass is 631 g/mol. The molecule has 1 aliphatic carbocycles. The van der Waals surface area contributed by atoms with E-state index in [0.29, 0.717) is 29.3 Å². The Labute approximate surface area is 257 Å². The highest BCUT2D eigenvalue weighted by atomic mass is 19.4. The van der Waals surface area contributed by atoms with E-state index in [9.17, 15) is 27.9 Å². The van der Waals surface area contributed by atoms with Crippen LogP contribution >= 0.6 is 0 Å². The fourth-order valence-electron chi connectivity index (χ4n) is 5.65. The Balaban J connectivity index is 1.41. The van der Waals surface area contributed by atoms with E-state index < -0.39 is 36.7 Å². The van der Waals surface area contributed by atoms with Gasteiger partial charge >= 0.3 is 18.1 Å². The second kappa shape index (κ2) is 10.9. The molecular weight excluding hydrogens is 597 g/mol. The van der Waals surface area contributed by atoms with E-state index in [2.05, 4.69) is 35.5 Å². The van der Waals surface area contributed by atoms with Crippen LogP contribution in [0.15, 0.2) is 41.6 Å². The molecule has 1 aliphatic rings. The predicted octanol–water partition coefficient (Wildman–Crippen LogP) is 3.78. The van der Waals surface area contributed by atoms with Crippen molar-refractivity contribution in [2.45, 2.75) is 63.6 Å². The number of imidazole rings is 1. The number of fused-ring (bicyclic) bond motifs is 2. The number of carbonyl (C=O) groups is 1. The molecule has 5 aromatic rings. The van der Waals surface area contributed by atoms with E-state index in [-0.39, 0.29) is 56.7 Å². The number of aromatic nitrogens is 8. The molecule has 0 spiro atoms. The molecule has 0 aliphatic heterocycles. The van der Waals surface area contributed by atoms with Gasteiger partial charge in [0.1, 0.15) is 22.7 Å². The van der Waals surface area contributed by atoms with E-state index in [1.54, 1.807) is 12.1 Å². The molecule has 0 saturated heterocycles. The molecule has 0 radical (unpaired) electrons. The topological polar surface area (TPSA) is 159 Å². The number of alkyl halides is 3. The van der Waals surface area contributed by atoms with Crippen molar-refractivity contribution in [3.05, 3.63) is 47.3 Å². The molecule has 5 aromatic heterocycles. The number of anilines is 2. The zero-order valence-corrected chi connectivity index (χ0v) is 24.3. The van der Waals surface area contributed by atoms with Gasteiger partial charge in [-0.1, -0.05) is 0 Å². The van der Waals surface area contributed by atoms with Gasteiger partial charge in [0.2, 0.25) is 0 Å². The van der Waals surface area contributed by atoms with Crippen LogP contribution in [0.1, 0.15) is 43.3 Å². The third kappa shape index (κ3) is 5.82. The van der Waals surface area contributed by atoms with Crippen LogP contribution in [0.3, 0.4) is 0 Å². The second-order valence-corrected chi connectivity index (χ2v) is 11.5. The number of aliphatic hydroxyl groups is 1. The summed E-state index contributed by atoms with van der Waals surface area (Å²) in [7, 11) is 1.24. The number of aryl methyl sites for hydroxylation is 1. The standard InChI is InChI=1S/C28H31F3N10O4/c1-27(2,44)14-39-24(15-11-33-40(13-15)28(29,30)31)23-18(37-39)7-8-21(36-23)35-22-10-19-20(12-32-22)38(3)26(43)41(19)17-6-5-16(9-17)34-25(42)45-4/h7-8,10-13,16-17,44H,5-6,9,14H2,1-4H3,(H,34,42)(H,32,35,36)/t16-,17-/m1/s1/i3D3. The van der Waals surface area contributed by atoms with Crippen LogP contribution in [-0.2, 0) is 24.6 Å². The SMILES string of the molecule is [2H]C([2H])([2H])n1c(=O)n([C@@H]2CC[C@@H](NC(=O)OC)C2)c2cc(Nc3ccc4nn(CC(C)(C)O)c(-c5cnn(C(F)(F)F)c5)c4n3)ncc21. The number of carbonyl (C=O) groups excluding carboxylic acids is 1. The summed E-state index contributed by atoms with van der Waals surface area (Å²) in [6.45, 7) is 0.202. The first-order valence-corrected chi connectivity index (χ1v) is 13.9. The minimum Gasteiger partial charge on any atom is -0.453 e. The number of hydrogen-bond acceptors (Lipinski definition) is 9. The Morgan fingerprint density at radius 3 is 2.69 bits per heavy atom. The molecule has 5 heterocycles. The minimum atomic E-state index is -4.75. The van der Waals surface area contributed by atoms with Gasteiger partial charge in [-0.15, -0.1) is 13.2 Å². The Bertz CT molecular complexity index is 2080. The van der Waals surface area contributed by atoms with Crippen molar-refractivity contribution in [2.75, 3.05) is 12.4 Å². The molecule has 45 heavy (non-hydrogen) atoms. The van der Waals surface area contributed by atoms with Crippen molar-refractivity contribution in [1.82, 2.24) is 44.0 Å². The molecule has 1 saturated carbocycles. The summed E-state index contributed by atoms with van der Waals surface area (Å²) in [4.78, 5) is 34.2. The number of alkyl carbamates (subject to hydrolysis) is 1. The van der Waals surface area contributed by atoms with Crippen LogP contribution in [0.2, 0.25) is 0 Å². The Hall–Kier alpha value is -4.93. The van der Waals surface area contributed by atoms with Crippen LogP contribution in [-0.4, -0.2) is 68.6 Å². The van der Waals surface area contributed by atoms with E-state index in [4.69, 9.17) is 4.11 Å². The summed E-state index contributed by atoms with van der Waals surface area (Å²) < 4.78 is 72.1. The Morgan fingerprint density at radius 1 is 1.20 bits per heavy atom. The van der Waals surface area contributed by atoms with Crippen LogP contribution in [0.4, 0.5) is 29.6 Å². The van der Waals surface area contributed by atoms with Gasteiger partial charge < -0.3 is 20.5 Å². The smallest absolute Gasteiger partial charge is 0.453 e. The van der Waals surface area contributed by atoms with Crippen molar-refractivity contribution in [3.8, 4) is 11.3 Å². The summed E-state index contributed by atoms with van der Waals surface area (Å²) in [5.41, 5.74) is -0.852. The molecule has 14 nitrogen and oxygen atoms in total. The molecule has 3 N–H and O–H groups in total. The van der Waals surface area contributed by atoms with Gasteiger partial charge in [-0.3, -0.25) is 13.8 Å². The molecule has 17 heteroatoms. The van der Waals surface area contributed by atoms with Crippen molar-refractivity contribution in [3.63, 3.8) is 0 Å². The first-order valence-electron chi connectivity index (χ1n) is 15.4. The fourth-order valence-corrected chi connectivity index (χ4v) is 5.65. The molecule has 0 bridgehead atoms. The van der Waals surface area contributed by atoms with Gasteiger partial charge in [-0.25, -0.2) is 19.6 Å². The number of pyridine rings is 2. The lowest BCUT2D eigenvalue weighted by atomic mass is 10.1. The number of nitrogens with one attached hydrogen (secondary N) is 2.